The van der Waals surface area contributed by atoms with E-state index in [0.717, 1.165) is 5.56 Å². The number of hydrogen-bond donors (Lipinski definition) is 2. The topological polar surface area (TPSA) is 50.4 Å². The highest BCUT2D eigenvalue weighted by Crippen LogP contribution is 2.09. The maximum absolute atomic E-state index is 5.32. The Balaban J connectivity index is 3.10. The molecule has 1 aromatic rings. The summed E-state index contributed by atoms with van der Waals surface area (Å²) in [6.45, 7) is 4.15. The molecular formula is C10H15N3. The molecule has 0 aliphatic rings. The number of benzene rings is 1. The number of rotatable bonds is 1. The molecule has 13 heavy (non-hydrogen) atoms. The van der Waals surface area contributed by atoms with Crippen molar-refractivity contribution < 1.29 is 0 Å². The van der Waals surface area contributed by atoms with E-state index in [4.69, 9.17) is 5.84 Å². The second-order valence-corrected chi connectivity index (χ2v) is 3.02. The molecule has 1 aromatic carbocycles. The fourth-order valence-electron chi connectivity index (χ4n) is 1.17. The number of hydrazine groups is 1. The summed E-state index contributed by atoms with van der Waals surface area (Å²) < 4.78 is 0. The van der Waals surface area contributed by atoms with Gasteiger partial charge in [-0.05, 0) is 31.0 Å². The van der Waals surface area contributed by atoms with Crippen LogP contribution in [0.15, 0.2) is 23.2 Å². The fraction of sp³-hybridized carbons (Fsp3) is 0.300. The van der Waals surface area contributed by atoms with Crippen molar-refractivity contribution in [2.24, 2.45) is 10.8 Å². The average molecular weight is 177 g/mol. The number of nitrogens with two attached hydrogens (primary N) is 1. The third-order valence-electron chi connectivity index (χ3n) is 2.14. The van der Waals surface area contributed by atoms with Crippen LogP contribution >= 0.6 is 0 Å². The highest BCUT2D eigenvalue weighted by molar-refractivity contribution is 5.98. The van der Waals surface area contributed by atoms with E-state index in [1.54, 1.807) is 7.05 Å². The van der Waals surface area contributed by atoms with Crippen molar-refractivity contribution >= 4 is 5.84 Å². The molecule has 0 bridgehead atoms. The summed E-state index contributed by atoms with van der Waals surface area (Å²) in [6.07, 6.45) is 0. The van der Waals surface area contributed by atoms with Gasteiger partial charge in [-0.15, -0.1) is 0 Å². The van der Waals surface area contributed by atoms with Crippen LogP contribution in [0.1, 0.15) is 16.7 Å². The molecule has 0 radical (unpaired) electrons. The molecule has 1 rings (SSSR count). The Morgan fingerprint density at radius 3 is 2.46 bits per heavy atom. The van der Waals surface area contributed by atoms with Crippen molar-refractivity contribution in [1.82, 2.24) is 5.43 Å². The molecule has 0 saturated heterocycles. The van der Waals surface area contributed by atoms with Crippen LogP contribution in [0.5, 0.6) is 0 Å². The lowest BCUT2D eigenvalue weighted by molar-refractivity contribution is 1.02. The van der Waals surface area contributed by atoms with E-state index < -0.39 is 0 Å². The highest BCUT2D eigenvalue weighted by atomic mass is 15.2. The molecule has 0 unspecified atom stereocenters. The van der Waals surface area contributed by atoms with Crippen LogP contribution < -0.4 is 11.3 Å². The number of aryl methyl sites for hydroxylation is 2. The monoisotopic (exact) mass is 177 g/mol. The maximum atomic E-state index is 5.32. The summed E-state index contributed by atoms with van der Waals surface area (Å²) in [5.41, 5.74) is 6.10. The van der Waals surface area contributed by atoms with Gasteiger partial charge in [0.15, 0.2) is 0 Å². The smallest absolute Gasteiger partial charge is 0.142 e. The van der Waals surface area contributed by atoms with Gasteiger partial charge in [-0.25, -0.2) is 5.84 Å². The first-order chi connectivity index (χ1) is 6.19. The Kier molecular flexibility index (Phi) is 3.03. The lowest BCUT2D eigenvalue weighted by Crippen LogP contribution is -2.31. The average Bonchev–Trinajstić information content (AvgIpc) is 2.13. The summed E-state index contributed by atoms with van der Waals surface area (Å²) in [5, 5.41) is 0. The Bertz CT molecular complexity index is 329. The van der Waals surface area contributed by atoms with E-state index in [2.05, 4.69) is 36.4 Å². The number of hydrogen-bond acceptors (Lipinski definition) is 2. The lowest BCUT2D eigenvalue weighted by Gasteiger charge is -2.06. The molecule has 0 aromatic heterocycles. The summed E-state index contributed by atoms with van der Waals surface area (Å²) >= 11 is 0. The predicted octanol–water partition coefficient (Wildman–Crippen LogP) is 1.14. The highest BCUT2D eigenvalue weighted by Gasteiger charge is 2.01. The quantitative estimate of drug-likeness (QED) is 0.292. The Hall–Kier alpha value is -1.35. The number of amidine groups is 1. The van der Waals surface area contributed by atoms with Gasteiger partial charge in [0.25, 0.3) is 0 Å². The van der Waals surface area contributed by atoms with Gasteiger partial charge in [0.2, 0.25) is 0 Å². The summed E-state index contributed by atoms with van der Waals surface area (Å²) in [4.78, 5) is 4.03. The van der Waals surface area contributed by atoms with Crippen LogP contribution in [-0.2, 0) is 0 Å². The van der Waals surface area contributed by atoms with Crippen LogP contribution in [-0.4, -0.2) is 12.9 Å². The van der Waals surface area contributed by atoms with Gasteiger partial charge in [-0.2, -0.15) is 0 Å². The molecule has 0 amide bonds. The lowest BCUT2D eigenvalue weighted by atomic mass is 10.1. The molecule has 0 saturated carbocycles. The maximum Gasteiger partial charge on any atom is 0.142 e. The van der Waals surface area contributed by atoms with Crippen molar-refractivity contribution in [2.45, 2.75) is 13.8 Å². The van der Waals surface area contributed by atoms with Gasteiger partial charge in [-0.3, -0.25) is 4.99 Å². The third kappa shape index (κ3) is 2.06. The zero-order chi connectivity index (χ0) is 9.84. The minimum Gasteiger partial charge on any atom is -0.308 e. The van der Waals surface area contributed by atoms with Gasteiger partial charge in [0, 0.05) is 12.6 Å². The van der Waals surface area contributed by atoms with Crippen LogP contribution in [0, 0.1) is 13.8 Å². The van der Waals surface area contributed by atoms with Crippen molar-refractivity contribution in [1.29, 1.82) is 0 Å². The van der Waals surface area contributed by atoms with Crippen molar-refractivity contribution in [2.75, 3.05) is 7.05 Å². The number of nitrogens with zero attached hydrogens (tertiary/aromatic N) is 1. The molecule has 0 fully saturated rings. The summed E-state index contributed by atoms with van der Waals surface area (Å²) in [7, 11) is 1.71. The van der Waals surface area contributed by atoms with E-state index in [1.165, 1.54) is 11.1 Å². The zero-order valence-electron chi connectivity index (χ0n) is 8.26. The van der Waals surface area contributed by atoms with Crippen LogP contribution in [0.4, 0.5) is 0 Å². The van der Waals surface area contributed by atoms with E-state index in [0.29, 0.717) is 5.84 Å². The molecule has 70 valence electrons. The van der Waals surface area contributed by atoms with Gasteiger partial charge >= 0.3 is 0 Å². The fourth-order valence-corrected chi connectivity index (χ4v) is 1.17. The van der Waals surface area contributed by atoms with E-state index in [-0.39, 0.29) is 0 Å². The minimum absolute atomic E-state index is 0.711. The first-order valence-electron chi connectivity index (χ1n) is 4.20. The van der Waals surface area contributed by atoms with E-state index in [1.807, 2.05) is 6.07 Å². The van der Waals surface area contributed by atoms with Crippen LogP contribution in [0.25, 0.3) is 0 Å². The zero-order valence-corrected chi connectivity index (χ0v) is 8.26. The van der Waals surface area contributed by atoms with Gasteiger partial charge in [0.05, 0.1) is 0 Å². The Morgan fingerprint density at radius 2 is 2.00 bits per heavy atom. The molecule has 0 atom stereocenters. The molecule has 0 heterocycles. The van der Waals surface area contributed by atoms with Crippen LogP contribution in [0.2, 0.25) is 0 Å². The second kappa shape index (κ2) is 4.05. The van der Waals surface area contributed by atoms with Crippen LogP contribution in [0.3, 0.4) is 0 Å². The Morgan fingerprint density at radius 1 is 1.31 bits per heavy atom. The van der Waals surface area contributed by atoms with Gasteiger partial charge in [-0.1, -0.05) is 12.1 Å². The van der Waals surface area contributed by atoms with E-state index >= 15 is 0 Å². The predicted molar refractivity (Wildman–Crippen MR) is 55.7 cm³/mol. The standard InChI is InChI=1S/C10H15N3/c1-7-4-5-9(6-8(7)2)10(12-3)13-11/h4-6H,11H2,1-3H3,(H,12,13). The van der Waals surface area contributed by atoms with Crippen molar-refractivity contribution in [3.8, 4) is 0 Å². The third-order valence-corrected chi connectivity index (χ3v) is 2.14. The molecule has 0 aliphatic carbocycles. The van der Waals surface area contributed by atoms with E-state index in [9.17, 15) is 0 Å². The molecule has 3 heteroatoms. The van der Waals surface area contributed by atoms with Crippen molar-refractivity contribution in [3.63, 3.8) is 0 Å². The molecule has 0 aliphatic heterocycles. The summed E-state index contributed by atoms with van der Waals surface area (Å²) in [6, 6.07) is 6.13. The van der Waals surface area contributed by atoms with Gasteiger partial charge < -0.3 is 5.43 Å². The summed E-state index contributed by atoms with van der Waals surface area (Å²) in [5.74, 6) is 6.03. The van der Waals surface area contributed by atoms with Gasteiger partial charge in [0.1, 0.15) is 5.84 Å². The van der Waals surface area contributed by atoms with Crippen molar-refractivity contribution in [3.05, 3.63) is 34.9 Å². The second-order valence-electron chi connectivity index (χ2n) is 3.02. The first-order valence-corrected chi connectivity index (χ1v) is 4.20. The normalized spacial score (nSPS) is 11.5. The molecule has 3 nitrogen and oxygen atoms in total. The minimum atomic E-state index is 0.711. The number of nitrogens with one attached hydrogen (secondary N) is 1. The Labute approximate surface area is 78.6 Å². The number of aliphatic imine (C=N–C) groups is 1. The largest absolute Gasteiger partial charge is 0.308 e. The molecule has 0 spiro atoms. The SMILES string of the molecule is CN=C(NN)c1ccc(C)c(C)c1. The first kappa shape index (κ1) is 9.74. The molecule has 3 N–H and O–H groups in total. The molecular weight excluding hydrogens is 162 g/mol.